The second-order valence-electron chi connectivity index (χ2n) is 4.12. The van der Waals surface area contributed by atoms with Gasteiger partial charge in [-0.2, -0.15) is 0 Å². The third kappa shape index (κ3) is 6.59. The van der Waals surface area contributed by atoms with Gasteiger partial charge >= 0.3 is 0 Å². The average molecular weight is 273 g/mol. The molecule has 0 saturated carbocycles. The summed E-state index contributed by atoms with van der Waals surface area (Å²) < 4.78 is 5.04. The van der Waals surface area contributed by atoms with Gasteiger partial charge in [0.25, 0.3) is 0 Å². The molecule has 0 heterocycles. The zero-order chi connectivity index (χ0) is 12.7. The van der Waals surface area contributed by atoms with E-state index in [0.29, 0.717) is 12.6 Å². The van der Waals surface area contributed by atoms with E-state index in [1.54, 1.807) is 7.11 Å². The fraction of sp³-hybridized carbons (Fsp3) is 0.462. The summed E-state index contributed by atoms with van der Waals surface area (Å²) >= 11 is 0. The molecule has 2 N–H and O–H groups in total. The molecule has 0 aliphatic rings. The Hall–Kier alpha value is -1.10. The van der Waals surface area contributed by atoms with Crippen LogP contribution in [0, 0.1) is 0 Å². The number of ether oxygens (including phenoxy) is 1. The van der Waals surface area contributed by atoms with Crippen LogP contribution in [-0.2, 0) is 16.1 Å². The van der Waals surface area contributed by atoms with Crippen LogP contribution in [0.4, 0.5) is 5.69 Å². The molecule has 102 valence electrons. The summed E-state index contributed by atoms with van der Waals surface area (Å²) in [5.74, 6) is -0.0513. The lowest BCUT2D eigenvalue weighted by Crippen LogP contribution is -2.29. The van der Waals surface area contributed by atoms with E-state index in [4.69, 9.17) is 4.74 Å². The van der Waals surface area contributed by atoms with Crippen LogP contribution in [0.3, 0.4) is 0 Å². The predicted molar refractivity (Wildman–Crippen MR) is 76.2 cm³/mol. The lowest BCUT2D eigenvalue weighted by Gasteiger charge is -2.12. The van der Waals surface area contributed by atoms with Gasteiger partial charge in [-0.3, -0.25) is 4.79 Å². The molecule has 18 heavy (non-hydrogen) atoms. The number of carbonyl (C=O) groups excluding carboxylic acids is 1. The first-order chi connectivity index (χ1) is 8.11. The largest absolute Gasteiger partial charge is 0.383 e. The fourth-order valence-corrected chi connectivity index (χ4v) is 1.51. The van der Waals surface area contributed by atoms with Crippen LogP contribution in [0.5, 0.6) is 0 Å². The zero-order valence-corrected chi connectivity index (χ0v) is 11.8. The van der Waals surface area contributed by atoms with Crippen molar-refractivity contribution >= 4 is 24.0 Å². The maximum Gasteiger partial charge on any atom is 0.221 e. The molecule has 0 aromatic heterocycles. The van der Waals surface area contributed by atoms with E-state index in [0.717, 1.165) is 12.2 Å². The normalized spacial score (nSPS) is 11.5. The van der Waals surface area contributed by atoms with Gasteiger partial charge in [-0.15, -0.1) is 12.4 Å². The van der Waals surface area contributed by atoms with Crippen molar-refractivity contribution in [2.45, 2.75) is 26.4 Å². The minimum absolute atomic E-state index is 0. The SMILES string of the molecule is COCC(C)NCc1ccc(NC(C)=O)cc1.Cl. The third-order valence-corrected chi connectivity index (χ3v) is 2.35. The molecule has 0 aliphatic carbocycles. The first-order valence-electron chi connectivity index (χ1n) is 5.70. The molecular formula is C13H21ClN2O2. The molecule has 0 aliphatic heterocycles. The molecule has 1 aromatic rings. The van der Waals surface area contributed by atoms with Crippen molar-refractivity contribution in [3.8, 4) is 0 Å². The van der Waals surface area contributed by atoms with Crippen molar-refractivity contribution in [3.05, 3.63) is 29.8 Å². The number of methoxy groups -OCH3 is 1. The van der Waals surface area contributed by atoms with E-state index in [2.05, 4.69) is 17.6 Å². The van der Waals surface area contributed by atoms with E-state index < -0.39 is 0 Å². The molecule has 5 heteroatoms. The molecule has 1 aromatic carbocycles. The summed E-state index contributed by atoms with van der Waals surface area (Å²) in [5.41, 5.74) is 2.01. The highest BCUT2D eigenvalue weighted by Crippen LogP contribution is 2.09. The maximum atomic E-state index is 10.8. The van der Waals surface area contributed by atoms with E-state index in [1.807, 2.05) is 24.3 Å². The Morgan fingerprint density at radius 1 is 1.33 bits per heavy atom. The van der Waals surface area contributed by atoms with Crippen LogP contribution in [0.2, 0.25) is 0 Å². The summed E-state index contributed by atoms with van der Waals surface area (Å²) in [6.45, 7) is 5.08. The molecule has 0 saturated heterocycles. The van der Waals surface area contributed by atoms with Gasteiger partial charge in [0.1, 0.15) is 0 Å². The minimum Gasteiger partial charge on any atom is -0.383 e. The zero-order valence-electron chi connectivity index (χ0n) is 11.0. The van der Waals surface area contributed by atoms with Crippen molar-refractivity contribution in [2.24, 2.45) is 0 Å². The Labute approximate surface area is 115 Å². The quantitative estimate of drug-likeness (QED) is 0.835. The summed E-state index contributed by atoms with van der Waals surface area (Å²) in [6, 6.07) is 8.13. The van der Waals surface area contributed by atoms with Gasteiger partial charge in [-0.25, -0.2) is 0 Å². The summed E-state index contributed by atoms with van der Waals surface area (Å²) in [7, 11) is 1.69. The lowest BCUT2D eigenvalue weighted by atomic mass is 10.2. The van der Waals surface area contributed by atoms with Crippen LogP contribution in [0.25, 0.3) is 0 Å². The molecular weight excluding hydrogens is 252 g/mol. The van der Waals surface area contributed by atoms with Gasteiger partial charge < -0.3 is 15.4 Å². The van der Waals surface area contributed by atoms with Gasteiger partial charge in [0.2, 0.25) is 5.91 Å². The first-order valence-corrected chi connectivity index (χ1v) is 5.70. The van der Waals surface area contributed by atoms with Crippen LogP contribution >= 0.6 is 12.4 Å². The van der Waals surface area contributed by atoms with E-state index in [9.17, 15) is 4.79 Å². The van der Waals surface area contributed by atoms with Gasteiger partial charge in [-0.1, -0.05) is 12.1 Å². The number of benzene rings is 1. The van der Waals surface area contributed by atoms with Gasteiger partial charge in [0, 0.05) is 32.3 Å². The van der Waals surface area contributed by atoms with Crippen LogP contribution in [0.15, 0.2) is 24.3 Å². The number of anilines is 1. The van der Waals surface area contributed by atoms with Gasteiger partial charge in [-0.05, 0) is 24.6 Å². The monoisotopic (exact) mass is 272 g/mol. The Balaban J connectivity index is 0.00000289. The minimum atomic E-state index is -0.0513. The van der Waals surface area contributed by atoms with Crippen molar-refractivity contribution in [1.29, 1.82) is 0 Å². The Morgan fingerprint density at radius 2 is 1.94 bits per heavy atom. The van der Waals surface area contributed by atoms with Crippen LogP contribution in [-0.4, -0.2) is 25.7 Å². The smallest absolute Gasteiger partial charge is 0.221 e. The summed E-state index contributed by atoms with van der Waals surface area (Å²) in [6.07, 6.45) is 0. The molecule has 0 fully saturated rings. The molecule has 1 atom stereocenters. The Kier molecular flexibility index (Phi) is 8.37. The number of rotatable bonds is 6. The summed E-state index contributed by atoms with van der Waals surface area (Å²) in [4.78, 5) is 10.8. The number of carbonyl (C=O) groups is 1. The highest BCUT2D eigenvalue weighted by Gasteiger charge is 2.01. The number of nitrogens with one attached hydrogen (secondary N) is 2. The molecule has 0 radical (unpaired) electrons. The highest BCUT2D eigenvalue weighted by atomic mass is 35.5. The predicted octanol–water partition coefficient (Wildman–Crippen LogP) is 2.19. The van der Waals surface area contributed by atoms with Crippen molar-refractivity contribution in [1.82, 2.24) is 5.32 Å². The van der Waals surface area contributed by atoms with Crippen molar-refractivity contribution in [2.75, 3.05) is 19.0 Å². The molecule has 1 unspecified atom stereocenters. The Bertz CT molecular complexity index is 355. The topological polar surface area (TPSA) is 50.4 Å². The lowest BCUT2D eigenvalue weighted by molar-refractivity contribution is -0.114. The standard InChI is InChI=1S/C13H20N2O2.ClH/c1-10(9-17-3)14-8-12-4-6-13(7-5-12)15-11(2)16;/h4-7,10,14H,8-9H2,1-3H3,(H,15,16);1H. The molecule has 0 spiro atoms. The van der Waals surface area contributed by atoms with Gasteiger partial charge in [0.05, 0.1) is 6.61 Å². The number of hydrogen-bond donors (Lipinski definition) is 2. The van der Waals surface area contributed by atoms with Crippen molar-refractivity contribution < 1.29 is 9.53 Å². The molecule has 4 nitrogen and oxygen atoms in total. The van der Waals surface area contributed by atoms with E-state index in [1.165, 1.54) is 12.5 Å². The second-order valence-corrected chi connectivity index (χ2v) is 4.12. The van der Waals surface area contributed by atoms with E-state index in [-0.39, 0.29) is 18.3 Å². The average Bonchev–Trinajstić information content (AvgIpc) is 2.28. The fourth-order valence-electron chi connectivity index (χ4n) is 1.51. The van der Waals surface area contributed by atoms with E-state index >= 15 is 0 Å². The second kappa shape index (κ2) is 8.91. The van der Waals surface area contributed by atoms with Crippen LogP contribution in [0.1, 0.15) is 19.4 Å². The number of amides is 1. The molecule has 1 amide bonds. The Morgan fingerprint density at radius 3 is 2.44 bits per heavy atom. The van der Waals surface area contributed by atoms with Crippen LogP contribution < -0.4 is 10.6 Å². The number of hydrogen-bond acceptors (Lipinski definition) is 3. The molecule has 0 bridgehead atoms. The number of halogens is 1. The van der Waals surface area contributed by atoms with Gasteiger partial charge in [0.15, 0.2) is 0 Å². The maximum absolute atomic E-state index is 10.8. The first kappa shape index (κ1) is 16.9. The summed E-state index contributed by atoms with van der Waals surface area (Å²) in [5, 5.41) is 6.09. The highest BCUT2D eigenvalue weighted by molar-refractivity contribution is 5.88. The van der Waals surface area contributed by atoms with Crippen molar-refractivity contribution in [3.63, 3.8) is 0 Å². The molecule has 1 rings (SSSR count). The third-order valence-electron chi connectivity index (χ3n) is 2.35.